The van der Waals surface area contributed by atoms with E-state index in [1.165, 1.54) is 120 Å². The molecule has 266 valence electrons. The standard InChI is InChI=1S/C57H38/c1-57(2)55-33-37(24-27-51(55)52-28-25-38(34-56(52)57)53-31-35-13-3-4-14-39(35)42-15-7-11-21-48(42)53)41-30-29-40(43-16-5-6-17-44(41)43)36-23-26-50-47-20-9-8-18-45(47)46-19-10-12-22-49(46)54(50)32-36/h3-34H,1-2H3. The minimum Gasteiger partial charge on any atom is -0.0616 e. The third kappa shape index (κ3) is 4.68. The van der Waals surface area contributed by atoms with Crippen molar-refractivity contribution in [2.24, 2.45) is 0 Å². The Bertz CT molecular complexity index is 3450. The van der Waals surface area contributed by atoms with Crippen LogP contribution in [0.15, 0.2) is 194 Å². The SMILES string of the molecule is CC1(C)c2cc(-c3ccc(-c4ccc5c6ccccc6c6ccccc6c5c4)c4ccccc34)ccc2-c2ccc(-c3cc4ccccc4c4ccccc34)cc21. The zero-order valence-electron chi connectivity index (χ0n) is 32.0. The highest BCUT2D eigenvalue weighted by Gasteiger charge is 2.36. The fourth-order valence-electron chi connectivity index (χ4n) is 10.2. The molecule has 11 aromatic rings. The molecule has 0 aromatic heterocycles. The van der Waals surface area contributed by atoms with E-state index in [2.05, 4.69) is 208 Å². The van der Waals surface area contributed by atoms with Gasteiger partial charge in [0.05, 0.1) is 0 Å². The third-order valence-corrected chi connectivity index (χ3v) is 13.0. The first-order chi connectivity index (χ1) is 28.0. The lowest BCUT2D eigenvalue weighted by atomic mass is 9.80. The Hall–Kier alpha value is -7.02. The summed E-state index contributed by atoms with van der Waals surface area (Å²) in [4.78, 5) is 0. The van der Waals surface area contributed by atoms with Crippen molar-refractivity contribution in [1.82, 2.24) is 0 Å². The van der Waals surface area contributed by atoms with Gasteiger partial charge < -0.3 is 0 Å². The van der Waals surface area contributed by atoms with Crippen molar-refractivity contribution in [3.63, 3.8) is 0 Å². The summed E-state index contributed by atoms with van der Waals surface area (Å²) in [6, 6.07) is 72.7. The largest absolute Gasteiger partial charge is 0.0616 e. The van der Waals surface area contributed by atoms with E-state index in [1.54, 1.807) is 0 Å². The summed E-state index contributed by atoms with van der Waals surface area (Å²) in [5.74, 6) is 0. The predicted molar refractivity (Wildman–Crippen MR) is 245 cm³/mol. The molecular formula is C57H38. The minimum absolute atomic E-state index is 0.156. The van der Waals surface area contributed by atoms with Gasteiger partial charge in [0.25, 0.3) is 0 Å². The quantitative estimate of drug-likeness (QED) is 0.159. The Morgan fingerprint density at radius 3 is 1.14 bits per heavy atom. The van der Waals surface area contributed by atoms with Gasteiger partial charge in [0.15, 0.2) is 0 Å². The number of hydrogen-bond acceptors (Lipinski definition) is 0. The van der Waals surface area contributed by atoms with Gasteiger partial charge in [-0.25, -0.2) is 0 Å². The highest BCUT2D eigenvalue weighted by Crippen LogP contribution is 2.52. The number of benzene rings is 11. The Morgan fingerprint density at radius 1 is 0.246 bits per heavy atom. The second kappa shape index (κ2) is 12.0. The number of hydrogen-bond donors (Lipinski definition) is 0. The molecule has 0 heteroatoms. The van der Waals surface area contributed by atoms with Crippen LogP contribution in [0.3, 0.4) is 0 Å². The second-order valence-corrected chi connectivity index (χ2v) is 16.4. The van der Waals surface area contributed by atoms with Crippen LogP contribution in [0.2, 0.25) is 0 Å². The topological polar surface area (TPSA) is 0 Å². The molecule has 0 saturated carbocycles. The highest BCUT2D eigenvalue weighted by molar-refractivity contribution is 6.26. The van der Waals surface area contributed by atoms with E-state index < -0.39 is 0 Å². The minimum atomic E-state index is -0.156. The summed E-state index contributed by atoms with van der Waals surface area (Å²) in [5, 5.41) is 15.5. The molecule has 57 heavy (non-hydrogen) atoms. The maximum absolute atomic E-state index is 2.47. The first kappa shape index (κ1) is 32.2. The molecule has 0 atom stereocenters. The Morgan fingerprint density at radius 2 is 0.596 bits per heavy atom. The molecule has 12 rings (SSSR count). The summed E-state index contributed by atoms with van der Waals surface area (Å²) in [6.07, 6.45) is 0. The summed E-state index contributed by atoms with van der Waals surface area (Å²) in [6.45, 7) is 4.80. The lowest BCUT2D eigenvalue weighted by Crippen LogP contribution is -2.15. The van der Waals surface area contributed by atoms with Gasteiger partial charge in [-0.05, 0) is 145 Å². The summed E-state index contributed by atoms with van der Waals surface area (Å²) < 4.78 is 0. The fraction of sp³-hybridized carbons (Fsp3) is 0.0526. The molecule has 0 radical (unpaired) electrons. The number of rotatable bonds is 3. The Kier molecular flexibility index (Phi) is 6.78. The van der Waals surface area contributed by atoms with Gasteiger partial charge in [-0.1, -0.05) is 184 Å². The highest BCUT2D eigenvalue weighted by atomic mass is 14.4. The second-order valence-electron chi connectivity index (χ2n) is 16.4. The Labute approximate surface area is 332 Å². The van der Waals surface area contributed by atoms with Gasteiger partial charge in [0.2, 0.25) is 0 Å². The van der Waals surface area contributed by atoms with E-state index in [-0.39, 0.29) is 5.41 Å². The normalized spacial score (nSPS) is 13.2. The van der Waals surface area contributed by atoms with Gasteiger partial charge in [-0.2, -0.15) is 0 Å². The smallest absolute Gasteiger partial charge is 0.0159 e. The molecule has 0 unspecified atom stereocenters. The van der Waals surface area contributed by atoms with Crippen LogP contribution in [0.5, 0.6) is 0 Å². The maximum atomic E-state index is 2.47. The zero-order chi connectivity index (χ0) is 37.8. The van der Waals surface area contributed by atoms with Crippen LogP contribution >= 0.6 is 0 Å². The van der Waals surface area contributed by atoms with E-state index in [0.717, 1.165) is 0 Å². The van der Waals surface area contributed by atoms with Crippen molar-refractivity contribution in [3.8, 4) is 44.5 Å². The summed E-state index contributed by atoms with van der Waals surface area (Å²) >= 11 is 0. The van der Waals surface area contributed by atoms with Crippen molar-refractivity contribution in [1.29, 1.82) is 0 Å². The monoisotopic (exact) mass is 722 g/mol. The van der Waals surface area contributed by atoms with E-state index in [9.17, 15) is 0 Å². The van der Waals surface area contributed by atoms with Crippen LogP contribution in [0.1, 0.15) is 25.0 Å². The molecule has 0 N–H and O–H groups in total. The van der Waals surface area contributed by atoms with Crippen LogP contribution in [-0.2, 0) is 5.41 Å². The average molecular weight is 723 g/mol. The molecule has 0 heterocycles. The van der Waals surface area contributed by atoms with Crippen molar-refractivity contribution >= 4 is 64.6 Å². The number of fused-ring (bicyclic) bond motifs is 13. The van der Waals surface area contributed by atoms with Crippen molar-refractivity contribution < 1.29 is 0 Å². The van der Waals surface area contributed by atoms with E-state index in [1.807, 2.05) is 0 Å². The first-order valence-corrected chi connectivity index (χ1v) is 20.1. The van der Waals surface area contributed by atoms with E-state index in [4.69, 9.17) is 0 Å². The van der Waals surface area contributed by atoms with E-state index >= 15 is 0 Å². The predicted octanol–water partition coefficient (Wildman–Crippen LogP) is 15.9. The molecule has 0 fully saturated rings. The molecular weight excluding hydrogens is 685 g/mol. The molecule has 0 saturated heterocycles. The fourth-order valence-corrected chi connectivity index (χ4v) is 10.2. The van der Waals surface area contributed by atoms with Crippen LogP contribution in [0.4, 0.5) is 0 Å². The third-order valence-electron chi connectivity index (χ3n) is 13.0. The van der Waals surface area contributed by atoms with Crippen molar-refractivity contribution in [2.75, 3.05) is 0 Å². The Balaban J connectivity index is 0.971. The molecule has 0 bridgehead atoms. The van der Waals surface area contributed by atoms with Crippen LogP contribution in [0.25, 0.3) is 109 Å². The zero-order valence-corrected chi connectivity index (χ0v) is 32.0. The van der Waals surface area contributed by atoms with Gasteiger partial charge >= 0.3 is 0 Å². The van der Waals surface area contributed by atoms with Crippen LogP contribution < -0.4 is 0 Å². The van der Waals surface area contributed by atoms with Crippen molar-refractivity contribution in [2.45, 2.75) is 19.3 Å². The van der Waals surface area contributed by atoms with E-state index in [0.29, 0.717) is 0 Å². The summed E-state index contributed by atoms with van der Waals surface area (Å²) in [7, 11) is 0. The summed E-state index contributed by atoms with van der Waals surface area (Å²) in [5.41, 5.74) is 12.9. The van der Waals surface area contributed by atoms with Gasteiger partial charge in [0, 0.05) is 5.41 Å². The lowest BCUT2D eigenvalue weighted by Gasteiger charge is -2.23. The molecule has 1 aliphatic carbocycles. The van der Waals surface area contributed by atoms with Gasteiger partial charge in [-0.15, -0.1) is 0 Å². The van der Waals surface area contributed by atoms with Crippen molar-refractivity contribution in [3.05, 3.63) is 205 Å². The maximum Gasteiger partial charge on any atom is 0.0159 e. The first-order valence-electron chi connectivity index (χ1n) is 20.1. The molecule has 0 aliphatic heterocycles. The van der Waals surface area contributed by atoms with Crippen LogP contribution in [-0.4, -0.2) is 0 Å². The molecule has 1 aliphatic rings. The van der Waals surface area contributed by atoms with Gasteiger partial charge in [-0.3, -0.25) is 0 Å². The van der Waals surface area contributed by atoms with Gasteiger partial charge in [0.1, 0.15) is 0 Å². The molecule has 0 amide bonds. The lowest BCUT2D eigenvalue weighted by molar-refractivity contribution is 0.661. The average Bonchev–Trinajstić information content (AvgIpc) is 3.50. The van der Waals surface area contributed by atoms with Crippen LogP contribution in [0, 0.1) is 0 Å². The molecule has 0 spiro atoms. The molecule has 0 nitrogen and oxygen atoms in total. The molecule has 11 aromatic carbocycles.